The Morgan fingerprint density at radius 1 is 1.32 bits per heavy atom. The highest BCUT2D eigenvalue weighted by Crippen LogP contribution is 2.30. The van der Waals surface area contributed by atoms with E-state index < -0.39 is 5.97 Å². The first-order chi connectivity index (χ1) is 12.1. The number of likely N-dealkylation sites (tertiary alicyclic amines) is 1. The maximum atomic E-state index is 12.4. The Morgan fingerprint density at radius 2 is 2.08 bits per heavy atom. The van der Waals surface area contributed by atoms with E-state index in [1.165, 1.54) is 16.4 Å². The van der Waals surface area contributed by atoms with E-state index in [9.17, 15) is 9.59 Å². The predicted molar refractivity (Wildman–Crippen MR) is 88.5 cm³/mol. The van der Waals surface area contributed by atoms with Gasteiger partial charge in [0, 0.05) is 13.1 Å². The van der Waals surface area contributed by atoms with E-state index in [4.69, 9.17) is 9.84 Å². The van der Waals surface area contributed by atoms with E-state index in [-0.39, 0.29) is 18.1 Å². The van der Waals surface area contributed by atoms with Gasteiger partial charge in [0.1, 0.15) is 12.3 Å². The Labute approximate surface area is 145 Å². The molecule has 8 heteroatoms. The quantitative estimate of drug-likeness (QED) is 0.880. The Kier molecular flexibility index (Phi) is 4.97. The molecule has 132 valence electrons. The molecular formula is C17H20N4O4. The van der Waals surface area contributed by atoms with Crippen molar-refractivity contribution in [3.8, 4) is 5.75 Å². The van der Waals surface area contributed by atoms with Gasteiger partial charge in [-0.15, -0.1) is 5.10 Å². The number of rotatable bonds is 5. The van der Waals surface area contributed by atoms with Crippen LogP contribution in [0.4, 0.5) is 0 Å². The van der Waals surface area contributed by atoms with E-state index >= 15 is 0 Å². The first-order valence-corrected chi connectivity index (χ1v) is 8.12. The fraction of sp³-hybridized carbons (Fsp3) is 0.412. The molecule has 1 aromatic carbocycles. The summed E-state index contributed by atoms with van der Waals surface area (Å²) in [5.74, 6) is 0.0179. The zero-order chi connectivity index (χ0) is 17.8. The third-order valence-corrected chi connectivity index (χ3v) is 4.47. The lowest BCUT2D eigenvalue weighted by Crippen LogP contribution is -2.39. The van der Waals surface area contributed by atoms with E-state index in [0.29, 0.717) is 19.0 Å². The molecule has 0 saturated carbocycles. The van der Waals surface area contributed by atoms with Crippen LogP contribution in [0, 0.1) is 0 Å². The van der Waals surface area contributed by atoms with Crippen LogP contribution in [0.5, 0.6) is 5.75 Å². The average Bonchev–Trinajstić information content (AvgIpc) is 3.10. The van der Waals surface area contributed by atoms with Crippen LogP contribution in [-0.2, 0) is 11.3 Å². The van der Waals surface area contributed by atoms with Crippen LogP contribution in [0.15, 0.2) is 30.5 Å². The van der Waals surface area contributed by atoms with Crippen LogP contribution >= 0.6 is 0 Å². The summed E-state index contributed by atoms with van der Waals surface area (Å²) in [6, 6.07) is 8.04. The van der Waals surface area contributed by atoms with Gasteiger partial charge in [-0.05, 0) is 36.5 Å². The molecule has 2 heterocycles. The lowest BCUT2D eigenvalue weighted by molar-refractivity contribution is -0.133. The number of carboxylic acid groups (broad SMARTS) is 1. The number of methoxy groups -OCH3 is 1. The van der Waals surface area contributed by atoms with Gasteiger partial charge in [-0.2, -0.15) is 0 Å². The number of ether oxygens (including phenoxy) is 1. The molecule has 1 N–H and O–H groups in total. The Bertz CT molecular complexity index is 766. The summed E-state index contributed by atoms with van der Waals surface area (Å²) in [5, 5.41) is 16.0. The number of carbonyl (C=O) groups is 2. The minimum Gasteiger partial charge on any atom is -0.497 e. The van der Waals surface area contributed by atoms with Crippen molar-refractivity contribution in [1.82, 2.24) is 19.9 Å². The molecule has 25 heavy (non-hydrogen) atoms. The Hall–Kier alpha value is -2.90. The SMILES string of the molecule is COc1cccc(C2CCN(C(=O)Cn3cc(C(=O)O)nn3)CC2)c1. The fourth-order valence-electron chi connectivity index (χ4n) is 3.07. The number of carbonyl (C=O) groups excluding carboxylic acids is 1. The second kappa shape index (κ2) is 7.33. The number of hydrogen-bond acceptors (Lipinski definition) is 5. The van der Waals surface area contributed by atoms with Gasteiger partial charge >= 0.3 is 5.97 Å². The van der Waals surface area contributed by atoms with Gasteiger partial charge in [-0.3, -0.25) is 4.79 Å². The van der Waals surface area contributed by atoms with Crippen molar-refractivity contribution in [3.63, 3.8) is 0 Å². The summed E-state index contributed by atoms with van der Waals surface area (Å²) in [4.78, 5) is 24.9. The third kappa shape index (κ3) is 3.96. The second-order valence-electron chi connectivity index (χ2n) is 6.04. The van der Waals surface area contributed by atoms with Gasteiger partial charge in [0.15, 0.2) is 5.69 Å². The van der Waals surface area contributed by atoms with Gasteiger partial charge < -0.3 is 14.7 Å². The average molecular weight is 344 g/mol. The largest absolute Gasteiger partial charge is 0.497 e. The van der Waals surface area contributed by atoms with E-state index in [1.54, 1.807) is 12.0 Å². The molecular weight excluding hydrogens is 324 g/mol. The number of benzene rings is 1. The zero-order valence-electron chi connectivity index (χ0n) is 14.0. The number of hydrogen-bond donors (Lipinski definition) is 1. The molecule has 2 aromatic rings. The maximum absolute atomic E-state index is 12.4. The number of carboxylic acids is 1. The van der Waals surface area contributed by atoms with E-state index in [1.807, 2.05) is 18.2 Å². The van der Waals surface area contributed by atoms with Gasteiger partial charge in [0.25, 0.3) is 0 Å². The summed E-state index contributed by atoms with van der Waals surface area (Å²) >= 11 is 0. The summed E-state index contributed by atoms with van der Waals surface area (Å²) in [5.41, 5.74) is 1.07. The molecule has 0 bridgehead atoms. The van der Waals surface area contributed by atoms with Gasteiger partial charge in [0.2, 0.25) is 5.91 Å². The van der Waals surface area contributed by atoms with Crippen LogP contribution < -0.4 is 4.74 Å². The minimum atomic E-state index is -1.15. The summed E-state index contributed by atoms with van der Waals surface area (Å²) in [7, 11) is 1.65. The Morgan fingerprint density at radius 3 is 2.72 bits per heavy atom. The summed E-state index contributed by atoms with van der Waals surface area (Å²) in [6.07, 6.45) is 3.04. The van der Waals surface area contributed by atoms with Crippen molar-refractivity contribution in [3.05, 3.63) is 41.7 Å². The third-order valence-electron chi connectivity index (χ3n) is 4.47. The maximum Gasteiger partial charge on any atom is 0.358 e. The number of nitrogens with zero attached hydrogens (tertiary/aromatic N) is 4. The molecule has 0 radical (unpaired) electrons. The smallest absolute Gasteiger partial charge is 0.358 e. The van der Waals surface area contributed by atoms with Crippen molar-refractivity contribution >= 4 is 11.9 Å². The molecule has 0 aliphatic carbocycles. The molecule has 1 saturated heterocycles. The Balaban J connectivity index is 1.55. The lowest BCUT2D eigenvalue weighted by Gasteiger charge is -2.32. The standard InChI is InChI=1S/C17H20N4O4/c1-25-14-4-2-3-13(9-14)12-5-7-20(8-6-12)16(22)11-21-10-15(17(23)24)18-19-21/h2-4,9-10,12H,5-8,11H2,1H3,(H,23,24). The molecule has 0 atom stereocenters. The number of amides is 1. The lowest BCUT2D eigenvalue weighted by atomic mass is 9.89. The molecule has 1 aromatic heterocycles. The zero-order valence-corrected chi connectivity index (χ0v) is 14.0. The molecule has 1 fully saturated rings. The highest BCUT2D eigenvalue weighted by Gasteiger charge is 2.24. The van der Waals surface area contributed by atoms with Crippen LogP contribution in [0.3, 0.4) is 0 Å². The molecule has 8 nitrogen and oxygen atoms in total. The highest BCUT2D eigenvalue weighted by atomic mass is 16.5. The van der Waals surface area contributed by atoms with Gasteiger partial charge in [-0.25, -0.2) is 9.48 Å². The van der Waals surface area contributed by atoms with Gasteiger partial charge in [0.05, 0.1) is 13.3 Å². The molecule has 1 aliphatic rings. The van der Waals surface area contributed by atoms with Crippen molar-refractivity contribution in [2.75, 3.05) is 20.2 Å². The van der Waals surface area contributed by atoms with Gasteiger partial charge in [-0.1, -0.05) is 17.3 Å². The summed E-state index contributed by atoms with van der Waals surface area (Å²) in [6.45, 7) is 1.34. The second-order valence-corrected chi connectivity index (χ2v) is 6.04. The van der Waals surface area contributed by atoms with Crippen molar-refractivity contribution < 1.29 is 19.4 Å². The molecule has 0 spiro atoms. The van der Waals surface area contributed by atoms with Crippen LogP contribution in [-0.4, -0.2) is 57.1 Å². The monoisotopic (exact) mass is 344 g/mol. The molecule has 1 aliphatic heterocycles. The minimum absolute atomic E-state index is 0.00407. The van der Waals surface area contributed by atoms with Crippen molar-refractivity contribution in [2.45, 2.75) is 25.3 Å². The number of aromatic carboxylic acids is 1. The highest BCUT2D eigenvalue weighted by molar-refractivity contribution is 5.84. The molecule has 0 unspecified atom stereocenters. The topological polar surface area (TPSA) is 97.5 Å². The normalized spacial score (nSPS) is 15.2. The molecule has 3 rings (SSSR count). The number of piperidine rings is 1. The first-order valence-electron chi connectivity index (χ1n) is 8.12. The van der Waals surface area contributed by atoms with E-state index in [2.05, 4.69) is 16.4 Å². The van der Waals surface area contributed by atoms with Crippen LogP contribution in [0.2, 0.25) is 0 Å². The van der Waals surface area contributed by atoms with Crippen LogP contribution in [0.25, 0.3) is 0 Å². The predicted octanol–water partition coefficient (Wildman–Crippen LogP) is 1.39. The van der Waals surface area contributed by atoms with Crippen molar-refractivity contribution in [2.24, 2.45) is 0 Å². The van der Waals surface area contributed by atoms with Crippen LogP contribution in [0.1, 0.15) is 34.8 Å². The summed E-state index contributed by atoms with van der Waals surface area (Å²) < 4.78 is 6.53. The van der Waals surface area contributed by atoms with Crippen molar-refractivity contribution in [1.29, 1.82) is 0 Å². The number of aromatic nitrogens is 3. The fourth-order valence-corrected chi connectivity index (χ4v) is 3.07. The first kappa shape index (κ1) is 16.9. The molecule has 1 amide bonds. The van der Waals surface area contributed by atoms with E-state index in [0.717, 1.165) is 18.6 Å².